The van der Waals surface area contributed by atoms with Gasteiger partial charge in [-0.1, -0.05) is 96.8 Å². The van der Waals surface area contributed by atoms with Gasteiger partial charge < -0.3 is 9.64 Å². The van der Waals surface area contributed by atoms with Crippen molar-refractivity contribution in [3.8, 4) is 11.8 Å². The summed E-state index contributed by atoms with van der Waals surface area (Å²) in [7, 11) is 0. The lowest BCUT2D eigenvalue weighted by atomic mass is 9.95. The fourth-order valence-electron chi connectivity index (χ4n) is 4.66. The molecule has 186 valence electrons. The van der Waals surface area contributed by atoms with E-state index in [1.807, 2.05) is 134 Å². The minimum absolute atomic E-state index is 0.286. The molecule has 1 aliphatic rings. The quantitative estimate of drug-likeness (QED) is 0.169. The number of carbonyl (C=O) groups excluding carboxylic acids is 1. The molecule has 0 spiro atoms. The zero-order chi connectivity index (χ0) is 26.2. The Morgan fingerprint density at radius 1 is 0.842 bits per heavy atom. The van der Waals surface area contributed by atoms with Crippen LogP contribution in [0, 0.1) is 11.8 Å². The molecule has 1 aliphatic heterocycles. The SMILES string of the molecule is CCOC(=O)C1C(c2ccccc2)=C(C=Nc2ccccc2)C(C#Cc2ccccc2)N1c1ccccc1. The standard InChI is InChI=1S/C34H28N2O2/c1-2-38-34(37)33-32(27-17-9-4-10-18-27)30(25-35-28-19-11-5-12-20-28)31(24-23-26-15-7-3-8-16-26)36(33)29-21-13-6-14-22-29/h3-22,25,31,33H,2H2,1H3. The topological polar surface area (TPSA) is 41.9 Å². The average Bonchev–Trinajstić information content (AvgIpc) is 3.31. The third-order valence-corrected chi connectivity index (χ3v) is 6.32. The monoisotopic (exact) mass is 496 g/mol. The summed E-state index contributed by atoms with van der Waals surface area (Å²) < 4.78 is 5.64. The highest BCUT2D eigenvalue weighted by Crippen LogP contribution is 2.40. The zero-order valence-corrected chi connectivity index (χ0v) is 21.2. The van der Waals surface area contributed by atoms with E-state index < -0.39 is 12.1 Å². The highest BCUT2D eigenvalue weighted by atomic mass is 16.5. The maximum atomic E-state index is 13.7. The van der Waals surface area contributed by atoms with E-state index in [4.69, 9.17) is 9.73 Å². The van der Waals surface area contributed by atoms with Crippen molar-refractivity contribution in [3.63, 3.8) is 0 Å². The van der Waals surface area contributed by atoms with Crippen molar-refractivity contribution in [2.45, 2.75) is 19.0 Å². The second-order valence-electron chi connectivity index (χ2n) is 8.76. The van der Waals surface area contributed by atoms with Gasteiger partial charge in [0.1, 0.15) is 6.04 Å². The second-order valence-corrected chi connectivity index (χ2v) is 8.76. The van der Waals surface area contributed by atoms with Crippen LogP contribution in [0.1, 0.15) is 18.1 Å². The van der Waals surface area contributed by atoms with Crippen LogP contribution >= 0.6 is 0 Å². The summed E-state index contributed by atoms with van der Waals surface area (Å²) in [6.07, 6.45) is 1.86. The number of anilines is 1. The fourth-order valence-corrected chi connectivity index (χ4v) is 4.66. The lowest BCUT2D eigenvalue weighted by Crippen LogP contribution is -2.44. The average molecular weight is 497 g/mol. The third kappa shape index (κ3) is 5.43. The smallest absolute Gasteiger partial charge is 0.333 e. The van der Waals surface area contributed by atoms with Gasteiger partial charge in [0.25, 0.3) is 0 Å². The van der Waals surface area contributed by atoms with Crippen LogP contribution in [-0.4, -0.2) is 30.9 Å². The fraction of sp³-hybridized carbons (Fsp3) is 0.118. The lowest BCUT2D eigenvalue weighted by molar-refractivity contribution is -0.143. The van der Waals surface area contributed by atoms with E-state index in [2.05, 4.69) is 16.7 Å². The van der Waals surface area contributed by atoms with Gasteiger partial charge in [-0.3, -0.25) is 4.99 Å². The molecule has 0 aliphatic carbocycles. The molecule has 5 rings (SSSR count). The molecule has 0 fully saturated rings. The normalized spacial score (nSPS) is 16.8. The van der Waals surface area contributed by atoms with Gasteiger partial charge in [-0.15, -0.1) is 0 Å². The van der Waals surface area contributed by atoms with Crippen molar-refractivity contribution in [1.82, 2.24) is 0 Å². The van der Waals surface area contributed by atoms with Crippen molar-refractivity contribution >= 4 is 29.1 Å². The highest BCUT2D eigenvalue weighted by Gasteiger charge is 2.45. The van der Waals surface area contributed by atoms with E-state index in [0.29, 0.717) is 0 Å². The molecule has 2 atom stereocenters. The van der Waals surface area contributed by atoms with E-state index in [1.165, 1.54) is 0 Å². The second kappa shape index (κ2) is 11.9. The summed E-state index contributed by atoms with van der Waals surface area (Å²) in [4.78, 5) is 20.5. The Morgan fingerprint density at radius 3 is 2.05 bits per heavy atom. The summed E-state index contributed by atoms with van der Waals surface area (Å²) in [6.45, 7) is 2.11. The van der Waals surface area contributed by atoms with E-state index in [1.54, 1.807) is 0 Å². The van der Waals surface area contributed by atoms with Gasteiger partial charge in [-0.25, -0.2) is 4.79 Å². The third-order valence-electron chi connectivity index (χ3n) is 6.32. The van der Waals surface area contributed by atoms with Crippen LogP contribution in [0.5, 0.6) is 0 Å². The molecule has 4 aromatic rings. The minimum atomic E-state index is -0.688. The predicted molar refractivity (Wildman–Crippen MR) is 154 cm³/mol. The molecular formula is C34H28N2O2. The first-order valence-electron chi connectivity index (χ1n) is 12.7. The number of para-hydroxylation sites is 2. The molecule has 4 heteroatoms. The van der Waals surface area contributed by atoms with Crippen molar-refractivity contribution in [3.05, 3.63) is 138 Å². The van der Waals surface area contributed by atoms with Crippen LogP contribution in [0.3, 0.4) is 0 Å². The van der Waals surface area contributed by atoms with E-state index in [-0.39, 0.29) is 12.6 Å². The maximum Gasteiger partial charge on any atom is 0.333 e. The molecule has 0 radical (unpaired) electrons. The number of rotatable bonds is 6. The Hall–Kier alpha value is -4.88. The van der Waals surface area contributed by atoms with Crippen molar-refractivity contribution in [1.29, 1.82) is 0 Å². The molecule has 0 amide bonds. The lowest BCUT2D eigenvalue weighted by Gasteiger charge is -2.30. The van der Waals surface area contributed by atoms with Gasteiger partial charge in [0.2, 0.25) is 0 Å². The van der Waals surface area contributed by atoms with Gasteiger partial charge in [0.05, 0.1) is 12.3 Å². The van der Waals surface area contributed by atoms with Crippen molar-refractivity contribution in [2.24, 2.45) is 4.99 Å². The predicted octanol–water partition coefficient (Wildman–Crippen LogP) is 6.71. The summed E-state index contributed by atoms with van der Waals surface area (Å²) in [6, 6.07) is 38.4. The largest absolute Gasteiger partial charge is 0.464 e. The van der Waals surface area contributed by atoms with E-state index >= 15 is 0 Å². The first-order chi connectivity index (χ1) is 18.8. The van der Waals surface area contributed by atoms with Gasteiger partial charge in [-0.2, -0.15) is 0 Å². The Morgan fingerprint density at radius 2 is 1.42 bits per heavy atom. The maximum absolute atomic E-state index is 13.7. The van der Waals surface area contributed by atoms with Gasteiger partial charge in [0.15, 0.2) is 6.04 Å². The van der Waals surface area contributed by atoms with Crippen LogP contribution in [0.25, 0.3) is 5.57 Å². The number of hydrogen-bond donors (Lipinski definition) is 0. The molecular weight excluding hydrogens is 468 g/mol. The number of nitrogens with zero attached hydrogens (tertiary/aromatic N) is 2. The summed E-state index contributed by atoms with van der Waals surface area (Å²) >= 11 is 0. The van der Waals surface area contributed by atoms with Gasteiger partial charge in [0, 0.05) is 28.6 Å². The van der Waals surface area contributed by atoms with Gasteiger partial charge >= 0.3 is 5.97 Å². The Bertz CT molecular complexity index is 1490. The summed E-state index contributed by atoms with van der Waals surface area (Å²) in [5, 5.41) is 0. The molecule has 1 heterocycles. The number of benzene rings is 4. The van der Waals surface area contributed by atoms with Crippen LogP contribution in [0.15, 0.2) is 132 Å². The minimum Gasteiger partial charge on any atom is -0.464 e. The van der Waals surface area contributed by atoms with Gasteiger partial charge in [-0.05, 0) is 48.9 Å². The summed E-state index contributed by atoms with van der Waals surface area (Å²) in [5.74, 6) is 6.50. The van der Waals surface area contributed by atoms with Crippen LogP contribution in [0.2, 0.25) is 0 Å². The Labute approximate surface area is 223 Å². The Balaban J connectivity index is 1.75. The molecule has 0 saturated carbocycles. The van der Waals surface area contributed by atoms with Crippen molar-refractivity contribution < 1.29 is 9.53 Å². The molecule has 0 N–H and O–H groups in total. The van der Waals surface area contributed by atoms with Crippen LogP contribution in [0.4, 0.5) is 11.4 Å². The Kier molecular flexibility index (Phi) is 7.77. The zero-order valence-electron chi connectivity index (χ0n) is 21.2. The number of esters is 1. The number of hydrogen-bond acceptors (Lipinski definition) is 4. The molecule has 38 heavy (non-hydrogen) atoms. The first-order valence-corrected chi connectivity index (χ1v) is 12.7. The molecule has 2 unspecified atom stereocenters. The van der Waals surface area contributed by atoms with Crippen LogP contribution in [-0.2, 0) is 9.53 Å². The highest BCUT2D eigenvalue weighted by molar-refractivity contribution is 6.08. The molecule has 0 aromatic heterocycles. The molecule has 4 nitrogen and oxygen atoms in total. The molecule has 0 saturated heterocycles. The molecule has 4 aromatic carbocycles. The van der Waals surface area contributed by atoms with E-state index in [0.717, 1.165) is 33.6 Å². The molecule has 0 bridgehead atoms. The number of ether oxygens (including phenoxy) is 1. The number of aliphatic imine (C=N–C) groups is 1. The van der Waals surface area contributed by atoms with Crippen molar-refractivity contribution in [2.75, 3.05) is 11.5 Å². The first kappa shape index (κ1) is 24.8. The summed E-state index contributed by atoms with van der Waals surface area (Å²) in [5.41, 5.74) is 5.26. The van der Waals surface area contributed by atoms with Crippen LogP contribution < -0.4 is 4.90 Å². The van der Waals surface area contributed by atoms with E-state index in [9.17, 15) is 4.79 Å². The number of carbonyl (C=O) groups is 1.